The highest BCUT2D eigenvalue weighted by Gasteiger charge is 2.22. The Balaban J connectivity index is 2.17. The summed E-state index contributed by atoms with van der Waals surface area (Å²) in [5.74, 6) is 1.68. The van der Waals surface area contributed by atoms with Gasteiger partial charge in [-0.2, -0.15) is 0 Å². The summed E-state index contributed by atoms with van der Waals surface area (Å²) >= 11 is 0. The van der Waals surface area contributed by atoms with E-state index in [1.807, 2.05) is 10.8 Å². The molecule has 0 atom stereocenters. The number of nitrogens with one attached hydrogen (secondary N) is 1. The number of nitrogens with zero attached hydrogens (tertiary/aromatic N) is 1. The van der Waals surface area contributed by atoms with Crippen molar-refractivity contribution in [1.29, 1.82) is 5.41 Å². The van der Waals surface area contributed by atoms with Gasteiger partial charge in [0.15, 0.2) is 0 Å². The van der Waals surface area contributed by atoms with Crippen LogP contribution in [0.25, 0.3) is 0 Å². The van der Waals surface area contributed by atoms with Gasteiger partial charge >= 0.3 is 0 Å². The summed E-state index contributed by atoms with van der Waals surface area (Å²) < 4.78 is 7.43. The molecule has 0 aliphatic heterocycles. The molecule has 1 fully saturated rings. The zero-order valence-electron chi connectivity index (χ0n) is 9.84. The normalized spacial score (nSPS) is 17.8. The second kappa shape index (κ2) is 3.54. The van der Waals surface area contributed by atoms with Crippen LogP contribution < -0.4 is 5.68 Å². The molecule has 1 saturated carbocycles. The van der Waals surface area contributed by atoms with Gasteiger partial charge in [0.25, 0.3) is 5.68 Å². The van der Waals surface area contributed by atoms with E-state index in [4.69, 9.17) is 9.83 Å². The topological polar surface area (TPSA) is 41.9 Å². The highest BCUT2D eigenvalue weighted by Crippen LogP contribution is 2.28. The highest BCUT2D eigenvalue weighted by molar-refractivity contribution is 5.04. The summed E-state index contributed by atoms with van der Waals surface area (Å²) in [7, 11) is 0. The monoisotopic (exact) mass is 208 g/mol. The zero-order chi connectivity index (χ0) is 11.1. The van der Waals surface area contributed by atoms with E-state index in [2.05, 4.69) is 20.8 Å². The molecule has 84 valence electrons. The van der Waals surface area contributed by atoms with Crippen molar-refractivity contribution in [3.05, 3.63) is 17.6 Å². The average molecular weight is 208 g/mol. The Morgan fingerprint density at radius 1 is 1.47 bits per heavy atom. The second-order valence-electron chi connectivity index (χ2n) is 5.60. The summed E-state index contributed by atoms with van der Waals surface area (Å²) in [5, 5.41) is 7.76. The van der Waals surface area contributed by atoms with Crippen molar-refractivity contribution in [3.63, 3.8) is 0 Å². The quantitative estimate of drug-likeness (QED) is 0.797. The molecule has 0 bridgehead atoms. The summed E-state index contributed by atoms with van der Waals surface area (Å²) in [6.45, 7) is 7.29. The second-order valence-corrected chi connectivity index (χ2v) is 5.60. The largest absolute Gasteiger partial charge is 0.428 e. The van der Waals surface area contributed by atoms with Crippen LogP contribution in [-0.2, 0) is 12.0 Å². The summed E-state index contributed by atoms with van der Waals surface area (Å²) in [6.07, 6.45) is 5.97. The maximum Gasteiger partial charge on any atom is 0.293 e. The lowest BCUT2D eigenvalue weighted by Gasteiger charge is -2.25. The number of hydrogen-bond donors (Lipinski definition) is 1. The van der Waals surface area contributed by atoms with E-state index in [1.165, 1.54) is 19.3 Å². The molecule has 0 radical (unpaired) electrons. The molecule has 3 heteroatoms. The van der Waals surface area contributed by atoms with Crippen LogP contribution in [0.1, 0.15) is 45.8 Å². The Morgan fingerprint density at radius 2 is 2.13 bits per heavy atom. The molecule has 0 amide bonds. The van der Waals surface area contributed by atoms with Crippen molar-refractivity contribution in [2.75, 3.05) is 0 Å². The number of aromatic nitrogens is 1. The lowest BCUT2D eigenvalue weighted by Crippen LogP contribution is -2.23. The zero-order valence-corrected chi connectivity index (χ0v) is 9.84. The van der Waals surface area contributed by atoms with Gasteiger partial charge in [-0.3, -0.25) is 9.98 Å². The maximum absolute atomic E-state index is 7.76. The van der Waals surface area contributed by atoms with Gasteiger partial charge in [-0.15, -0.1) is 0 Å². The third kappa shape index (κ3) is 2.16. The van der Waals surface area contributed by atoms with E-state index in [0.717, 1.165) is 18.2 Å². The highest BCUT2D eigenvalue weighted by atomic mass is 16.4. The van der Waals surface area contributed by atoms with Crippen molar-refractivity contribution in [1.82, 2.24) is 4.57 Å². The lowest BCUT2D eigenvalue weighted by atomic mass is 9.85. The Labute approximate surface area is 90.6 Å². The number of hydrogen-bond acceptors (Lipinski definition) is 2. The Kier molecular flexibility index (Phi) is 2.49. The van der Waals surface area contributed by atoms with Crippen molar-refractivity contribution in [2.24, 2.45) is 5.92 Å². The van der Waals surface area contributed by atoms with Gasteiger partial charge in [0.2, 0.25) is 0 Å². The van der Waals surface area contributed by atoms with Crippen molar-refractivity contribution in [3.8, 4) is 0 Å². The van der Waals surface area contributed by atoms with Crippen LogP contribution >= 0.6 is 0 Å². The molecule has 1 heterocycles. The predicted molar refractivity (Wildman–Crippen MR) is 58.6 cm³/mol. The number of oxazole rings is 1. The predicted octanol–water partition coefficient (Wildman–Crippen LogP) is 2.66. The van der Waals surface area contributed by atoms with Crippen molar-refractivity contribution < 1.29 is 4.42 Å². The summed E-state index contributed by atoms with van der Waals surface area (Å²) in [6, 6.07) is 0. The molecule has 0 saturated heterocycles. The van der Waals surface area contributed by atoms with Gasteiger partial charge in [-0.25, -0.2) is 0 Å². The van der Waals surface area contributed by atoms with Crippen LogP contribution in [-0.4, -0.2) is 4.57 Å². The Bertz CT molecular complexity index is 390. The number of rotatable bonds is 2. The van der Waals surface area contributed by atoms with Gasteiger partial charge in [0, 0.05) is 18.2 Å². The first-order valence-corrected chi connectivity index (χ1v) is 5.72. The maximum atomic E-state index is 7.76. The first-order chi connectivity index (χ1) is 6.97. The van der Waals surface area contributed by atoms with Crippen LogP contribution in [0.4, 0.5) is 0 Å². The average Bonchev–Trinajstić information content (AvgIpc) is 2.39. The molecule has 0 unspecified atom stereocenters. The molecular weight excluding hydrogens is 188 g/mol. The van der Waals surface area contributed by atoms with E-state index >= 15 is 0 Å². The summed E-state index contributed by atoms with van der Waals surface area (Å²) in [5.41, 5.74) is 0.299. The van der Waals surface area contributed by atoms with Gasteiger partial charge in [0.1, 0.15) is 5.76 Å². The minimum absolute atomic E-state index is 0.000658. The molecule has 1 aromatic heterocycles. The van der Waals surface area contributed by atoms with Crippen molar-refractivity contribution >= 4 is 0 Å². The van der Waals surface area contributed by atoms with Gasteiger partial charge in [0.05, 0.1) is 0 Å². The Morgan fingerprint density at radius 3 is 2.53 bits per heavy atom. The third-order valence-electron chi connectivity index (χ3n) is 3.16. The molecule has 1 aromatic rings. The lowest BCUT2D eigenvalue weighted by molar-refractivity contribution is 0.264. The molecule has 1 N–H and O–H groups in total. The third-order valence-corrected chi connectivity index (χ3v) is 3.16. The fraction of sp³-hybridized carbons (Fsp3) is 0.750. The van der Waals surface area contributed by atoms with E-state index in [1.54, 1.807) is 0 Å². The van der Waals surface area contributed by atoms with Crippen LogP contribution in [0.5, 0.6) is 0 Å². The molecular formula is C12H20N2O. The van der Waals surface area contributed by atoms with Crippen LogP contribution in [0.3, 0.4) is 0 Å². The van der Waals surface area contributed by atoms with Crippen LogP contribution in [0.15, 0.2) is 10.6 Å². The molecule has 0 aromatic carbocycles. The first kappa shape index (κ1) is 10.5. The Hall–Kier alpha value is -0.990. The fourth-order valence-corrected chi connectivity index (χ4v) is 1.83. The SMILES string of the molecule is CC(C)(C)c1cn(CC2CCC2)c(=N)o1. The molecule has 1 aliphatic carbocycles. The van der Waals surface area contributed by atoms with E-state index in [-0.39, 0.29) is 5.41 Å². The van der Waals surface area contributed by atoms with Gasteiger partial charge < -0.3 is 4.42 Å². The minimum Gasteiger partial charge on any atom is -0.428 e. The fourth-order valence-electron chi connectivity index (χ4n) is 1.83. The summed E-state index contributed by atoms with van der Waals surface area (Å²) in [4.78, 5) is 0. The van der Waals surface area contributed by atoms with E-state index in [9.17, 15) is 0 Å². The van der Waals surface area contributed by atoms with Crippen molar-refractivity contribution in [2.45, 2.75) is 52.0 Å². The smallest absolute Gasteiger partial charge is 0.293 e. The standard InChI is InChI=1S/C12H20N2O/c1-12(2,3)10-8-14(11(13)15-10)7-9-5-4-6-9/h8-9,13H,4-7H2,1-3H3. The first-order valence-electron chi connectivity index (χ1n) is 5.72. The minimum atomic E-state index is 0.000658. The molecule has 2 rings (SSSR count). The van der Waals surface area contributed by atoms with Gasteiger partial charge in [-0.1, -0.05) is 27.2 Å². The van der Waals surface area contributed by atoms with Crippen LogP contribution in [0, 0.1) is 11.3 Å². The van der Waals surface area contributed by atoms with E-state index in [0.29, 0.717) is 5.68 Å². The molecule has 0 spiro atoms. The molecule has 3 nitrogen and oxygen atoms in total. The van der Waals surface area contributed by atoms with Gasteiger partial charge in [-0.05, 0) is 18.8 Å². The van der Waals surface area contributed by atoms with Crippen LogP contribution in [0.2, 0.25) is 0 Å². The molecule has 1 aliphatic rings. The molecule has 15 heavy (non-hydrogen) atoms. The van der Waals surface area contributed by atoms with E-state index < -0.39 is 0 Å².